The maximum atomic E-state index is 5.65. The van der Waals surface area contributed by atoms with Gasteiger partial charge in [-0.25, -0.2) is 0 Å². The van der Waals surface area contributed by atoms with Crippen LogP contribution in [-0.4, -0.2) is 31.5 Å². The summed E-state index contributed by atoms with van der Waals surface area (Å²) in [7, 11) is 4.85. The van der Waals surface area contributed by atoms with Gasteiger partial charge in [-0.1, -0.05) is 0 Å². The summed E-state index contributed by atoms with van der Waals surface area (Å²) in [5.41, 5.74) is 8.23. The van der Waals surface area contributed by atoms with Gasteiger partial charge in [0.1, 0.15) is 17.3 Å². The molecule has 1 heterocycles. The lowest BCUT2D eigenvalue weighted by Gasteiger charge is -2.14. The Morgan fingerprint density at radius 3 is 2.47 bits per heavy atom. The third kappa shape index (κ3) is 2.63. The fourth-order valence-corrected chi connectivity index (χ4v) is 1.96. The minimum Gasteiger partial charge on any atom is -0.497 e. The maximum Gasteiger partial charge on any atom is 0.145 e. The molecular weight excluding hydrogens is 246 g/mol. The first-order valence-corrected chi connectivity index (χ1v) is 5.74. The second kappa shape index (κ2) is 5.62. The molecule has 0 aliphatic heterocycles. The summed E-state index contributed by atoms with van der Waals surface area (Å²) in [6, 6.07) is 5.47. The van der Waals surface area contributed by atoms with Gasteiger partial charge in [-0.05, 0) is 11.6 Å². The Morgan fingerprint density at radius 1 is 1.16 bits per heavy atom. The number of nitrogens with one attached hydrogen (secondary N) is 1. The van der Waals surface area contributed by atoms with Crippen LogP contribution < -0.4 is 15.2 Å². The molecule has 2 rings (SSSR count). The van der Waals surface area contributed by atoms with E-state index in [0.717, 1.165) is 16.8 Å². The number of rotatable bonds is 5. The van der Waals surface area contributed by atoms with Crippen molar-refractivity contribution in [2.45, 2.75) is 6.61 Å². The van der Waals surface area contributed by atoms with Crippen molar-refractivity contribution in [3.05, 3.63) is 23.8 Å². The van der Waals surface area contributed by atoms with Crippen LogP contribution in [0.4, 0.5) is 5.82 Å². The number of nitrogens with zero attached hydrogens (tertiary/aromatic N) is 1. The van der Waals surface area contributed by atoms with Gasteiger partial charge >= 0.3 is 0 Å². The summed E-state index contributed by atoms with van der Waals surface area (Å²) in [5, 5.41) is 6.82. The fraction of sp³-hybridized carbons (Fsp3) is 0.308. The van der Waals surface area contributed by atoms with Crippen LogP contribution in [0.15, 0.2) is 18.2 Å². The standard InChI is InChI=1S/C13H17N3O3/c1-17-7-8-4-9(18-2)5-11(19-3)13(8)10-6-12(14)16-15-10/h4-6H,7H2,1-3H3,(H3,14,15,16). The summed E-state index contributed by atoms with van der Waals surface area (Å²) in [6.07, 6.45) is 0. The average Bonchev–Trinajstić information content (AvgIpc) is 2.84. The third-order valence-corrected chi connectivity index (χ3v) is 2.78. The number of aromatic amines is 1. The summed E-state index contributed by atoms with van der Waals surface area (Å²) in [5.74, 6) is 1.81. The number of aromatic nitrogens is 2. The molecule has 3 N–H and O–H groups in total. The van der Waals surface area contributed by atoms with Gasteiger partial charge < -0.3 is 19.9 Å². The molecule has 0 bridgehead atoms. The molecule has 1 aromatic heterocycles. The normalized spacial score (nSPS) is 10.5. The lowest BCUT2D eigenvalue weighted by atomic mass is 10.0. The Kier molecular flexibility index (Phi) is 3.91. The largest absolute Gasteiger partial charge is 0.497 e. The zero-order valence-electron chi connectivity index (χ0n) is 11.2. The Morgan fingerprint density at radius 2 is 1.95 bits per heavy atom. The van der Waals surface area contributed by atoms with E-state index in [0.29, 0.717) is 23.9 Å². The van der Waals surface area contributed by atoms with E-state index in [2.05, 4.69) is 10.2 Å². The van der Waals surface area contributed by atoms with Gasteiger partial charge in [0.25, 0.3) is 0 Å². The number of ether oxygens (including phenoxy) is 3. The number of hydrogen-bond acceptors (Lipinski definition) is 5. The van der Waals surface area contributed by atoms with Crippen molar-refractivity contribution in [1.82, 2.24) is 10.2 Å². The van der Waals surface area contributed by atoms with Gasteiger partial charge in [0.05, 0.1) is 26.5 Å². The number of H-pyrrole nitrogens is 1. The molecule has 19 heavy (non-hydrogen) atoms. The van der Waals surface area contributed by atoms with Crippen LogP contribution in [0.5, 0.6) is 11.5 Å². The predicted molar refractivity (Wildman–Crippen MR) is 72.3 cm³/mol. The lowest BCUT2D eigenvalue weighted by Crippen LogP contribution is -1.98. The molecule has 0 unspecified atom stereocenters. The molecule has 0 aliphatic carbocycles. The van der Waals surface area contributed by atoms with E-state index < -0.39 is 0 Å². The van der Waals surface area contributed by atoms with Gasteiger partial charge in [0.15, 0.2) is 0 Å². The van der Waals surface area contributed by atoms with E-state index in [-0.39, 0.29) is 0 Å². The van der Waals surface area contributed by atoms with Crippen LogP contribution >= 0.6 is 0 Å². The topological polar surface area (TPSA) is 82.4 Å². The highest BCUT2D eigenvalue weighted by molar-refractivity contribution is 5.74. The smallest absolute Gasteiger partial charge is 0.145 e. The molecule has 102 valence electrons. The van der Waals surface area contributed by atoms with E-state index >= 15 is 0 Å². The zero-order chi connectivity index (χ0) is 13.8. The van der Waals surface area contributed by atoms with Crippen molar-refractivity contribution in [1.29, 1.82) is 0 Å². The number of nitrogen functional groups attached to an aromatic ring is 1. The average molecular weight is 263 g/mol. The first-order valence-electron chi connectivity index (χ1n) is 5.74. The molecule has 1 aromatic carbocycles. The second-order valence-electron chi connectivity index (χ2n) is 4.00. The molecule has 0 atom stereocenters. The molecule has 0 fully saturated rings. The highest BCUT2D eigenvalue weighted by Gasteiger charge is 2.16. The second-order valence-corrected chi connectivity index (χ2v) is 4.00. The first-order chi connectivity index (χ1) is 9.19. The number of hydrogen-bond donors (Lipinski definition) is 2. The highest BCUT2D eigenvalue weighted by atomic mass is 16.5. The van der Waals surface area contributed by atoms with Gasteiger partial charge in [-0.15, -0.1) is 0 Å². The molecule has 0 aliphatic rings. The SMILES string of the molecule is COCc1cc(OC)cc(OC)c1-c1cc(N)n[nH]1. The van der Waals surface area contributed by atoms with Crippen molar-refractivity contribution >= 4 is 5.82 Å². The molecule has 6 nitrogen and oxygen atoms in total. The van der Waals surface area contributed by atoms with Gasteiger partial charge in [0, 0.05) is 24.8 Å². The number of anilines is 1. The van der Waals surface area contributed by atoms with E-state index in [1.165, 1.54) is 0 Å². The van der Waals surface area contributed by atoms with E-state index in [1.54, 1.807) is 27.4 Å². The van der Waals surface area contributed by atoms with Crippen LogP contribution in [0.2, 0.25) is 0 Å². The van der Waals surface area contributed by atoms with Gasteiger partial charge in [-0.3, -0.25) is 5.10 Å². The van der Waals surface area contributed by atoms with Crippen LogP contribution in [0.3, 0.4) is 0 Å². The molecule has 0 spiro atoms. The quantitative estimate of drug-likeness (QED) is 0.859. The maximum absolute atomic E-state index is 5.65. The Balaban J connectivity index is 2.61. The fourth-order valence-electron chi connectivity index (χ4n) is 1.96. The molecular formula is C13H17N3O3. The predicted octanol–water partition coefficient (Wildman–Crippen LogP) is 1.82. The third-order valence-electron chi connectivity index (χ3n) is 2.78. The van der Waals surface area contributed by atoms with Crippen molar-refractivity contribution in [3.8, 4) is 22.8 Å². The van der Waals surface area contributed by atoms with Gasteiger partial charge in [0.2, 0.25) is 0 Å². The van der Waals surface area contributed by atoms with Gasteiger partial charge in [-0.2, -0.15) is 5.10 Å². The molecule has 0 saturated heterocycles. The molecule has 0 amide bonds. The first kappa shape index (κ1) is 13.2. The van der Waals surface area contributed by atoms with E-state index in [9.17, 15) is 0 Å². The van der Waals surface area contributed by atoms with Crippen molar-refractivity contribution in [2.75, 3.05) is 27.1 Å². The number of methoxy groups -OCH3 is 3. The van der Waals surface area contributed by atoms with E-state index in [1.807, 2.05) is 12.1 Å². The summed E-state index contributed by atoms with van der Waals surface area (Å²) >= 11 is 0. The van der Waals surface area contributed by atoms with Crippen LogP contribution in [-0.2, 0) is 11.3 Å². The summed E-state index contributed by atoms with van der Waals surface area (Å²) in [6.45, 7) is 0.432. The van der Waals surface area contributed by atoms with Crippen LogP contribution in [0.25, 0.3) is 11.3 Å². The summed E-state index contributed by atoms with van der Waals surface area (Å²) < 4.78 is 15.9. The summed E-state index contributed by atoms with van der Waals surface area (Å²) in [4.78, 5) is 0. The monoisotopic (exact) mass is 263 g/mol. The molecule has 2 aromatic rings. The Labute approximate surface area is 111 Å². The molecule has 0 saturated carbocycles. The van der Waals surface area contributed by atoms with Crippen LogP contribution in [0, 0.1) is 0 Å². The van der Waals surface area contributed by atoms with Crippen LogP contribution in [0.1, 0.15) is 5.56 Å². The molecule has 0 radical (unpaired) electrons. The molecule has 6 heteroatoms. The van der Waals surface area contributed by atoms with E-state index in [4.69, 9.17) is 19.9 Å². The number of benzene rings is 1. The Hall–Kier alpha value is -2.21. The minimum atomic E-state index is 0.427. The van der Waals surface area contributed by atoms with Crippen molar-refractivity contribution < 1.29 is 14.2 Å². The van der Waals surface area contributed by atoms with Crippen molar-refractivity contribution in [3.63, 3.8) is 0 Å². The zero-order valence-corrected chi connectivity index (χ0v) is 11.2. The number of nitrogens with two attached hydrogens (primary N) is 1. The highest BCUT2D eigenvalue weighted by Crippen LogP contribution is 2.37. The minimum absolute atomic E-state index is 0.427. The Bertz CT molecular complexity index is 566. The lowest BCUT2D eigenvalue weighted by molar-refractivity contribution is 0.184. The van der Waals surface area contributed by atoms with Crippen molar-refractivity contribution in [2.24, 2.45) is 0 Å².